The number of methoxy groups -OCH3 is 1. The molecule has 1 aliphatic heterocycles. The molecule has 1 N–H and O–H groups in total. The second kappa shape index (κ2) is 8.67. The molecule has 0 aliphatic carbocycles. The molecule has 8 heteroatoms. The van der Waals surface area contributed by atoms with Crippen LogP contribution in [0.25, 0.3) is 0 Å². The summed E-state index contributed by atoms with van der Waals surface area (Å²) in [4.78, 5) is 14.0. The van der Waals surface area contributed by atoms with Gasteiger partial charge in [0.15, 0.2) is 0 Å². The Hall–Kier alpha value is -2.19. The number of hydrogen-bond donors (Lipinski definition) is 1. The molecule has 27 heavy (non-hydrogen) atoms. The van der Waals surface area contributed by atoms with E-state index in [-0.39, 0.29) is 12.5 Å². The third-order valence-electron chi connectivity index (χ3n) is 5.10. The largest absolute Gasteiger partial charge is 0.375 e. The standard InChI is InChI=1S/C19H30N6O2/c1-5-24-15(3)18(14(2)21-24)12-23-7-6-8-25-17(11-23)9-16(22-25)10-20-19(26)13-27-4/h9H,5-8,10-13H2,1-4H3,(H,20,26). The van der Waals surface area contributed by atoms with E-state index in [9.17, 15) is 4.79 Å². The van der Waals surface area contributed by atoms with Gasteiger partial charge in [-0.25, -0.2) is 0 Å². The highest BCUT2D eigenvalue weighted by Crippen LogP contribution is 2.20. The van der Waals surface area contributed by atoms with Crippen LogP contribution in [0.1, 0.15) is 41.7 Å². The Bertz CT molecular complexity index is 794. The number of hydrogen-bond acceptors (Lipinski definition) is 5. The third kappa shape index (κ3) is 4.56. The fourth-order valence-corrected chi connectivity index (χ4v) is 3.68. The van der Waals surface area contributed by atoms with E-state index in [4.69, 9.17) is 4.74 Å². The molecule has 0 fully saturated rings. The van der Waals surface area contributed by atoms with Crippen LogP contribution in [0.15, 0.2) is 6.07 Å². The maximum Gasteiger partial charge on any atom is 0.246 e. The zero-order valence-corrected chi connectivity index (χ0v) is 16.8. The highest BCUT2D eigenvalue weighted by Gasteiger charge is 2.20. The highest BCUT2D eigenvalue weighted by molar-refractivity contribution is 5.77. The molecule has 3 rings (SSSR count). The number of fused-ring (bicyclic) bond motifs is 1. The van der Waals surface area contributed by atoms with Crippen molar-refractivity contribution in [1.29, 1.82) is 0 Å². The molecule has 0 spiro atoms. The molecule has 3 heterocycles. The monoisotopic (exact) mass is 374 g/mol. The number of carbonyl (C=O) groups excluding carboxylic acids is 1. The molecule has 0 aromatic carbocycles. The summed E-state index contributed by atoms with van der Waals surface area (Å²) >= 11 is 0. The van der Waals surface area contributed by atoms with Crippen molar-refractivity contribution in [2.24, 2.45) is 0 Å². The van der Waals surface area contributed by atoms with Gasteiger partial charge >= 0.3 is 0 Å². The van der Waals surface area contributed by atoms with Gasteiger partial charge in [-0.2, -0.15) is 10.2 Å². The molecule has 148 valence electrons. The Morgan fingerprint density at radius 2 is 2.11 bits per heavy atom. The van der Waals surface area contributed by atoms with Crippen molar-refractivity contribution in [2.45, 2.75) is 59.9 Å². The van der Waals surface area contributed by atoms with Crippen molar-refractivity contribution in [3.05, 3.63) is 34.4 Å². The lowest BCUT2D eigenvalue weighted by molar-refractivity contribution is -0.124. The van der Waals surface area contributed by atoms with E-state index in [1.165, 1.54) is 24.1 Å². The van der Waals surface area contributed by atoms with Crippen molar-refractivity contribution in [3.8, 4) is 0 Å². The molecule has 0 saturated heterocycles. The molecule has 0 atom stereocenters. The minimum atomic E-state index is -0.124. The maximum atomic E-state index is 11.6. The smallest absolute Gasteiger partial charge is 0.246 e. The van der Waals surface area contributed by atoms with Crippen LogP contribution in [0.4, 0.5) is 0 Å². The summed E-state index contributed by atoms with van der Waals surface area (Å²) in [6, 6.07) is 2.10. The lowest BCUT2D eigenvalue weighted by atomic mass is 10.1. The van der Waals surface area contributed by atoms with Crippen LogP contribution in [0.3, 0.4) is 0 Å². The lowest BCUT2D eigenvalue weighted by Gasteiger charge is -2.19. The minimum absolute atomic E-state index is 0.0749. The first kappa shape index (κ1) is 19.6. The summed E-state index contributed by atoms with van der Waals surface area (Å²) in [5.41, 5.74) is 5.80. The van der Waals surface area contributed by atoms with Gasteiger partial charge in [-0.1, -0.05) is 0 Å². The van der Waals surface area contributed by atoms with Crippen LogP contribution in [-0.4, -0.2) is 50.6 Å². The molecule has 2 aromatic rings. The second-order valence-electron chi connectivity index (χ2n) is 7.09. The van der Waals surface area contributed by atoms with E-state index in [2.05, 4.69) is 56.6 Å². The zero-order valence-electron chi connectivity index (χ0n) is 16.8. The van der Waals surface area contributed by atoms with Gasteiger partial charge in [-0.05, 0) is 33.3 Å². The van der Waals surface area contributed by atoms with Gasteiger partial charge in [-0.15, -0.1) is 0 Å². The first-order chi connectivity index (χ1) is 13.0. The van der Waals surface area contributed by atoms with Crippen LogP contribution in [-0.2, 0) is 42.3 Å². The van der Waals surface area contributed by atoms with E-state index < -0.39 is 0 Å². The molecule has 0 saturated carbocycles. The predicted molar refractivity (Wildman–Crippen MR) is 102 cm³/mol. The van der Waals surface area contributed by atoms with E-state index >= 15 is 0 Å². The summed E-state index contributed by atoms with van der Waals surface area (Å²) in [5, 5.41) is 12.1. The van der Waals surface area contributed by atoms with Crippen molar-refractivity contribution >= 4 is 5.91 Å². The van der Waals surface area contributed by atoms with Gasteiger partial charge in [0.1, 0.15) is 6.61 Å². The molecule has 0 bridgehead atoms. The Morgan fingerprint density at radius 1 is 1.30 bits per heavy atom. The topological polar surface area (TPSA) is 77.2 Å². The first-order valence-corrected chi connectivity index (χ1v) is 9.58. The molecule has 0 unspecified atom stereocenters. The van der Waals surface area contributed by atoms with Crippen molar-refractivity contribution in [2.75, 3.05) is 20.3 Å². The number of aromatic nitrogens is 4. The molecule has 1 amide bonds. The van der Waals surface area contributed by atoms with Crippen LogP contribution < -0.4 is 5.32 Å². The highest BCUT2D eigenvalue weighted by atomic mass is 16.5. The summed E-state index contributed by atoms with van der Waals surface area (Å²) in [6.07, 6.45) is 1.06. The lowest BCUT2D eigenvalue weighted by Crippen LogP contribution is -2.26. The summed E-state index contributed by atoms with van der Waals surface area (Å²) < 4.78 is 8.99. The van der Waals surface area contributed by atoms with E-state index in [0.29, 0.717) is 6.54 Å². The van der Waals surface area contributed by atoms with Crippen LogP contribution in [0, 0.1) is 13.8 Å². The van der Waals surface area contributed by atoms with Gasteiger partial charge in [0, 0.05) is 51.1 Å². The number of ether oxygens (including phenoxy) is 1. The molecule has 1 aliphatic rings. The Balaban J connectivity index is 1.67. The Labute approximate surface area is 160 Å². The van der Waals surface area contributed by atoms with Crippen molar-refractivity contribution in [1.82, 2.24) is 29.8 Å². The number of amides is 1. The maximum absolute atomic E-state index is 11.6. The van der Waals surface area contributed by atoms with Crippen LogP contribution >= 0.6 is 0 Å². The number of nitrogens with one attached hydrogen (secondary N) is 1. The second-order valence-corrected chi connectivity index (χ2v) is 7.09. The summed E-state index contributed by atoms with van der Waals surface area (Å²) in [5.74, 6) is -0.124. The molecule has 8 nitrogen and oxygen atoms in total. The van der Waals surface area contributed by atoms with E-state index in [0.717, 1.165) is 50.5 Å². The zero-order chi connectivity index (χ0) is 19.4. The number of aryl methyl sites for hydroxylation is 3. The van der Waals surface area contributed by atoms with Gasteiger partial charge in [0.25, 0.3) is 0 Å². The summed E-state index contributed by atoms with van der Waals surface area (Å²) in [6.45, 7) is 11.5. The fourth-order valence-electron chi connectivity index (χ4n) is 3.68. The number of carbonyl (C=O) groups is 1. The molecular weight excluding hydrogens is 344 g/mol. The van der Waals surface area contributed by atoms with Crippen LogP contribution in [0.2, 0.25) is 0 Å². The quantitative estimate of drug-likeness (QED) is 0.792. The predicted octanol–water partition coefficient (Wildman–Crippen LogP) is 1.38. The van der Waals surface area contributed by atoms with Gasteiger partial charge in [-0.3, -0.25) is 19.1 Å². The van der Waals surface area contributed by atoms with Gasteiger partial charge in [0.05, 0.1) is 23.6 Å². The third-order valence-corrected chi connectivity index (χ3v) is 5.10. The molecular formula is C19H30N6O2. The van der Waals surface area contributed by atoms with E-state index in [1.807, 2.05) is 0 Å². The molecule has 0 radical (unpaired) electrons. The van der Waals surface area contributed by atoms with Gasteiger partial charge in [0.2, 0.25) is 5.91 Å². The van der Waals surface area contributed by atoms with Crippen LogP contribution in [0.5, 0.6) is 0 Å². The summed E-state index contributed by atoms with van der Waals surface area (Å²) in [7, 11) is 1.51. The van der Waals surface area contributed by atoms with Crippen molar-refractivity contribution in [3.63, 3.8) is 0 Å². The number of rotatable bonds is 7. The average molecular weight is 374 g/mol. The fraction of sp³-hybridized carbons (Fsp3) is 0.632. The SMILES string of the molecule is CCn1nc(C)c(CN2CCCn3nc(CNC(=O)COC)cc3C2)c1C. The molecule has 2 aromatic heterocycles. The Morgan fingerprint density at radius 3 is 2.81 bits per heavy atom. The van der Waals surface area contributed by atoms with E-state index in [1.54, 1.807) is 0 Å². The van der Waals surface area contributed by atoms with Crippen molar-refractivity contribution < 1.29 is 9.53 Å². The Kier molecular flexibility index (Phi) is 6.28. The number of nitrogens with zero attached hydrogens (tertiary/aromatic N) is 5. The average Bonchev–Trinajstić information content (AvgIpc) is 3.08. The van der Waals surface area contributed by atoms with Gasteiger partial charge < -0.3 is 10.1 Å². The minimum Gasteiger partial charge on any atom is -0.375 e. The first-order valence-electron chi connectivity index (χ1n) is 9.58. The normalized spacial score (nSPS) is 14.8.